The molecule has 0 bridgehead atoms. The van der Waals surface area contributed by atoms with Crippen molar-refractivity contribution in [2.75, 3.05) is 5.32 Å². The number of nitrogens with zero attached hydrogens (tertiary/aromatic N) is 1. The molecule has 0 saturated carbocycles. The lowest BCUT2D eigenvalue weighted by atomic mass is 10.1. The Morgan fingerprint density at radius 3 is 2.75 bits per heavy atom. The first-order valence-corrected chi connectivity index (χ1v) is 8.73. The molecule has 0 spiro atoms. The van der Waals surface area contributed by atoms with Crippen LogP contribution in [0.25, 0.3) is 17.0 Å². The molecule has 28 heavy (non-hydrogen) atoms. The number of carbonyl (C=O) groups excluding carboxylic acids is 2. The number of ether oxygens (including phenoxy) is 1. The minimum atomic E-state index is -1.04. The van der Waals surface area contributed by atoms with Crippen molar-refractivity contribution >= 4 is 34.5 Å². The van der Waals surface area contributed by atoms with E-state index in [1.807, 2.05) is 30.3 Å². The third-order valence-corrected chi connectivity index (χ3v) is 4.16. The molecule has 2 aromatic carbocycles. The lowest BCUT2D eigenvalue weighted by Crippen LogP contribution is -2.29. The minimum Gasteiger partial charge on any atom is -0.449 e. The van der Waals surface area contributed by atoms with Gasteiger partial charge in [0.25, 0.3) is 5.91 Å². The van der Waals surface area contributed by atoms with Crippen LogP contribution in [0, 0.1) is 12.7 Å². The highest BCUT2D eigenvalue weighted by molar-refractivity contribution is 5.97. The number of anilines is 1. The number of benzene rings is 2. The Bertz CT molecular complexity index is 1060. The molecular formula is C22H19FN2O3. The Labute approximate surface area is 161 Å². The Morgan fingerprint density at radius 1 is 1.18 bits per heavy atom. The quantitative estimate of drug-likeness (QED) is 0.532. The second-order valence-electron chi connectivity index (χ2n) is 6.29. The van der Waals surface area contributed by atoms with E-state index in [0.717, 1.165) is 16.5 Å². The third kappa shape index (κ3) is 4.59. The van der Waals surface area contributed by atoms with Crippen LogP contribution in [0.3, 0.4) is 0 Å². The molecule has 1 N–H and O–H groups in total. The fourth-order valence-electron chi connectivity index (χ4n) is 2.60. The zero-order chi connectivity index (χ0) is 20.1. The summed E-state index contributed by atoms with van der Waals surface area (Å²) in [5, 5.41) is 3.48. The maximum atomic E-state index is 13.6. The van der Waals surface area contributed by atoms with Gasteiger partial charge < -0.3 is 10.1 Å². The van der Waals surface area contributed by atoms with Crippen LogP contribution in [0.5, 0.6) is 0 Å². The molecule has 1 aromatic heterocycles. The van der Waals surface area contributed by atoms with Crippen molar-refractivity contribution in [2.24, 2.45) is 0 Å². The molecule has 1 amide bonds. The van der Waals surface area contributed by atoms with Gasteiger partial charge in [0.2, 0.25) is 0 Å². The van der Waals surface area contributed by atoms with E-state index in [1.165, 1.54) is 19.1 Å². The van der Waals surface area contributed by atoms with Crippen molar-refractivity contribution in [1.29, 1.82) is 0 Å². The molecule has 0 radical (unpaired) electrons. The van der Waals surface area contributed by atoms with Crippen LogP contribution in [0.1, 0.15) is 18.1 Å². The van der Waals surface area contributed by atoms with Crippen molar-refractivity contribution in [1.82, 2.24) is 4.98 Å². The van der Waals surface area contributed by atoms with E-state index in [1.54, 1.807) is 31.3 Å². The number of aryl methyl sites for hydroxylation is 1. The number of nitrogens with one attached hydrogen (secondary N) is 1. The Kier molecular flexibility index (Phi) is 5.79. The summed E-state index contributed by atoms with van der Waals surface area (Å²) >= 11 is 0. The first kappa shape index (κ1) is 19.2. The van der Waals surface area contributed by atoms with Gasteiger partial charge in [-0.25, -0.2) is 9.18 Å². The van der Waals surface area contributed by atoms with Crippen LogP contribution in [0.4, 0.5) is 10.1 Å². The van der Waals surface area contributed by atoms with Crippen molar-refractivity contribution in [3.8, 4) is 0 Å². The van der Waals surface area contributed by atoms with Crippen LogP contribution in [-0.2, 0) is 14.3 Å². The van der Waals surface area contributed by atoms with Crippen molar-refractivity contribution in [3.63, 3.8) is 0 Å². The zero-order valence-corrected chi connectivity index (χ0v) is 15.5. The number of fused-ring (bicyclic) bond motifs is 1. The largest absolute Gasteiger partial charge is 0.449 e. The predicted octanol–water partition coefficient (Wildman–Crippen LogP) is 4.27. The highest BCUT2D eigenvalue weighted by Gasteiger charge is 2.17. The molecule has 1 unspecified atom stereocenters. The summed E-state index contributed by atoms with van der Waals surface area (Å²) < 4.78 is 18.7. The predicted molar refractivity (Wildman–Crippen MR) is 106 cm³/mol. The monoisotopic (exact) mass is 378 g/mol. The molecule has 0 aliphatic carbocycles. The Morgan fingerprint density at radius 2 is 1.96 bits per heavy atom. The van der Waals surface area contributed by atoms with E-state index in [0.29, 0.717) is 11.3 Å². The van der Waals surface area contributed by atoms with Gasteiger partial charge in [0.05, 0.1) is 5.52 Å². The van der Waals surface area contributed by atoms with Crippen LogP contribution in [-0.4, -0.2) is 23.0 Å². The minimum absolute atomic E-state index is 0.299. The van der Waals surface area contributed by atoms with Crippen molar-refractivity contribution in [2.45, 2.75) is 20.0 Å². The number of aromatic nitrogens is 1. The molecule has 5 nitrogen and oxygen atoms in total. The van der Waals surface area contributed by atoms with Gasteiger partial charge in [0.15, 0.2) is 6.10 Å². The molecule has 0 fully saturated rings. The van der Waals surface area contributed by atoms with Gasteiger partial charge in [-0.2, -0.15) is 0 Å². The third-order valence-electron chi connectivity index (χ3n) is 4.16. The summed E-state index contributed by atoms with van der Waals surface area (Å²) in [6.45, 7) is 3.08. The van der Waals surface area contributed by atoms with E-state index in [4.69, 9.17) is 4.74 Å². The number of hydrogen-bond donors (Lipinski definition) is 1. The van der Waals surface area contributed by atoms with Crippen LogP contribution in [0.15, 0.2) is 60.8 Å². The molecule has 0 aliphatic heterocycles. The molecule has 1 heterocycles. The number of rotatable bonds is 5. The van der Waals surface area contributed by atoms with E-state index in [2.05, 4.69) is 10.3 Å². The van der Waals surface area contributed by atoms with Crippen molar-refractivity contribution < 1.29 is 18.7 Å². The normalized spacial score (nSPS) is 12.1. The number of pyridine rings is 1. The van der Waals surface area contributed by atoms with Gasteiger partial charge in [-0.3, -0.25) is 9.78 Å². The number of halogens is 1. The fraction of sp³-hybridized carbons (Fsp3) is 0.136. The number of esters is 1. The highest BCUT2D eigenvalue weighted by atomic mass is 19.1. The summed E-state index contributed by atoms with van der Waals surface area (Å²) in [5.41, 5.74) is 2.31. The summed E-state index contributed by atoms with van der Waals surface area (Å²) in [6, 6.07) is 13.8. The SMILES string of the molecule is Cc1ccc(NC(=O)C(C)OC(=O)/C=C/c2cccc3cccnc23)cc1F. The zero-order valence-electron chi connectivity index (χ0n) is 15.5. The molecule has 3 aromatic rings. The molecular weight excluding hydrogens is 359 g/mol. The number of carbonyl (C=O) groups is 2. The maximum Gasteiger partial charge on any atom is 0.331 e. The molecule has 6 heteroatoms. The standard InChI is InChI=1S/C22H19FN2O3/c1-14-8-10-18(13-19(14)23)25-22(27)15(2)28-20(26)11-9-17-6-3-5-16-7-4-12-24-21(16)17/h3-13,15H,1-2H3,(H,25,27)/b11-9+. The molecule has 142 valence electrons. The van der Waals surface area contributed by atoms with E-state index in [-0.39, 0.29) is 0 Å². The first-order chi connectivity index (χ1) is 13.4. The topological polar surface area (TPSA) is 68.3 Å². The molecule has 0 saturated heterocycles. The number of hydrogen-bond acceptors (Lipinski definition) is 4. The van der Waals surface area contributed by atoms with Crippen LogP contribution >= 0.6 is 0 Å². The van der Waals surface area contributed by atoms with Gasteiger partial charge >= 0.3 is 5.97 Å². The fourth-order valence-corrected chi connectivity index (χ4v) is 2.60. The van der Waals surface area contributed by atoms with Gasteiger partial charge in [-0.1, -0.05) is 30.3 Å². The average molecular weight is 378 g/mol. The lowest BCUT2D eigenvalue weighted by molar-refractivity contribution is -0.148. The van der Waals surface area contributed by atoms with Gasteiger partial charge in [-0.05, 0) is 43.7 Å². The lowest BCUT2D eigenvalue weighted by Gasteiger charge is -2.12. The van der Waals surface area contributed by atoms with E-state index >= 15 is 0 Å². The van der Waals surface area contributed by atoms with Crippen molar-refractivity contribution in [3.05, 3.63) is 77.7 Å². The first-order valence-electron chi connectivity index (χ1n) is 8.73. The molecule has 0 aliphatic rings. The Balaban J connectivity index is 1.62. The van der Waals surface area contributed by atoms with E-state index < -0.39 is 23.8 Å². The van der Waals surface area contributed by atoms with Gasteiger partial charge in [-0.15, -0.1) is 0 Å². The summed E-state index contributed by atoms with van der Waals surface area (Å²) in [7, 11) is 0. The van der Waals surface area contributed by atoms with Gasteiger partial charge in [0, 0.05) is 28.9 Å². The molecule has 3 rings (SSSR count). The number of amides is 1. The van der Waals surface area contributed by atoms with Crippen LogP contribution in [0.2, 0.25) is 0 Å². The maximum absolute atomic E-state index is 13.6. The molecule has 1 atom stereocenters. The van der Waals surface area contributed by atoms with Crippen LogP contribution < -0.4 is 5.32 Å². The van der Waals surface area contributed by atoms with E-state index in [9.17, 15) is 14.0 Å². The second kappa shape index (κ2) is 8.43. The highest BCUT2D eigenvalue weighted by Crippen LogP contribution is 2.17. The summed E-state index contributed by atoms with van der Waals surface area (Å²) in [4.78, 5) is 28.5. The smallest absolute Gasteiger partial charge is 0.331 e. The second-order valence-corrected chi connectivity index (χ2v) is 6.29. The summed E-state index contributed by atoms with van der Waals surface area (Å²) in [5.74, 6) is -1.63. The Hall–Kier alpha value is -3.54. The summed E-state index contributed by atoms with van der Waals surface area (Å²) in [6.07, 6.45) is 3.49. The van der Waals surface area contributed by atoms with Gasteiger partial charge in [0.1, 0.15) is 5.82 Å². The number of para-hydroxylation sites is 1. The average Bonchev–Trinajstić information content (AvgIpc) is 2.69.